The van der Waals surface area contributed by atoms with Gasteiger partial charge < -0.3 is 5.32 Å². The van der Waals surface area contributed by atoms with Crippen LogP contribution in [-0.4, -0.2) is 12.0 Å². The molecule has 0 aliphatic heterocycles. The van der Waals surface area contributed by atoms with Crippen LogP contribution in [0.15, 0.2) is 16.6 Å². The Morgan fingerprint density at radius 1 is 1.67 bits per heavy atom. The van der Waals surface area contributed by atoms with Crippen molar-refractivity contribution in [1.82, 2.24) is 0 Å². The van der Waals surface area contributed by atoms with Gasteiger partial charge in [0.25, 0.3) is 0 Å². The van der Waals surface area contributed by atoms with Crippen molar-refractivity contribution in [3.63, 3.8) is 0 Å². The van der Waals surface area contributed by atoms with Gasteiger partial charge in [0.2, 0.25) is 0 Å². The first-order valence-corrected chi connectivity index (χ1v) is 3.98. The van der Waals surface area contributed by atoms with E-state index in [0.717, 1.165) is 0 Å². The van der Waals surface area contributed by atoms with Gasteiger partial charge in [-0.15, -0.1) is 0 Å². The van der Waals surface area contributed by atoms with Gasteiger partial charge in [-0.25, -0.2) is 0 Å². The standard InChI is InChI=1S/C7H6BrN2O2/c1-9-6-3-2-5(8)4-7(6)10(11)12/h2-3,9H,1H3. The zero-order valence-corrected chi connectivity index (χ0v) is 7.88. The molecular weight excluding hydrogens is 224 g/mol. The summed E-state index contributed by atoms with van der Waals surface area (Å²) < 4.78 is 0.577. The fraction of sp³-hybridized carbons (Fsp3) is 0.143. The summed E-state index contributed by atoms with van der Waals surface area (Å²) in [7, 11) is 1.63. The Morgan fingerprint density at radius 3 is 2.83 bits per heavy atom. The van der Waals surface area contributed by atoms with Crippen LogP contribution < -0.4 is 5.32 Å². The molecule has 0 saturated carbocycles. The van der Waals surface area contributed by atoms with Crippen molar-refractivity contribution in [3.05, 3.63) is 32.8 Å². The van der Waals surface area contributed by atoms with E-state index in [0.29, 0.717) is 10.2 Å². The maximum Gasteiger partial charge on any atom is 0.301 e. The molecule has 0 unspecified atom stereocenters. The first kappa shape index (κ1) is 8.99. The Kier molecular flexibility index (Phi) is 2.65. The van der Waals surface area contributed by atoms with Crippen LogP contribution in [0.4, 0.5) is 11.4 Å². The Morgan fingerprint density at radius 2 is 2.33 bits per heavy atom. The first-order valence-electron chi connectivity index (χ1n) is 3.19. The van der Waals surface area contributed by atoms with Gasteiger partial charge in [-0.05, 0) is 28.1 Å². The monoisotopic (exact) mass is 229 g/mol. The van der Waals surface area contributed by atoms with E-state index in [4.69, 9.17) is 0 Å². The van der Waals surface area contributed by atoms with E-state index in [1.165, 1.54) is 0 Å². The highest BCUT2D eigenvalue weighted by Crippen LogP contribution is 2.26. The van der Waals surface area contributed by atoms with Gasteiger partial charge in [0.1, 0.15) is 5.69 Å². The molecule has 0 heterocycles. The summed E-state index contributed by atoms with van der Waals surface area (Å²) in [5.74, 6) is 0. The molecule has 1 aromatic rings. The molecule has 0 amide bonds. The van der Waals surface area contributed by atoms with Crippen LogP contribution in [0.25, 0.3) is 0 Å². The number of nitro groups is 1. The van der Waals surface area contributed by atoms with Crippen LogP contribution in [0, 0.1) is 16.2 Å². The van der Waals surface area contributed by atoms with Crippen molar-refractivity contribution in [2.24, 2.45) is 0 Å². The van der Waals surface area contributed by atoms with Crippen LogP contribution in [0.5, 0.6) is 0 Å². The van der Waals surface area contributed by atoms with Gasteiger partial charge in [-0.1, -0.05) is 0 Å². The zero-order chi connectivity index (χ0) is 9.14. The third-order valence-corrected chi connectivity index (χ3v) is 1.80. The number of halogens is 1. The van der Waals surface area contributed by atoms with Crippen molar-refractivity contribution in [2.45, 2.75) is 0 Å². The fourth-order valence-corrected chi connectivity index (χ4v) is 1.12. The number of hydrogen-bond acceptors (Lipinski definition) is 3. The van der Waals surface area contributed by atoms with Crippen molar-refractivity contribution in [3.8, 4) is 0 Å². The summed E-state index contributed by atoms with van der Waals surface area (Å²) in [6.45, 7) is 0. The predicted octanol–water partition coefficient (Wildman–Crippen LogP) is 2.20. The molecule has 1 radical (unpaired) electrons. The molecule has 0 bridgehead atoms. The van der Waals surface area contributed by atoms with Crippen molar-refractivity contribution in [1.29, 1.82) is 0 Å². The van der Waals surface area contributed by atoms with Crippen molar-refractivity contribution in [2.75, 3.05) is 12.4 Å². The molecule has 0 fully saturated rings. The molecule has 1 rings (SSSR count). The fourth-order valence-electron chi connectivity index (χ4n) is 0.803. The smallest absolute Gasteiger partial charge is 0.301 e. The summed E-state index contributed by atoms with van der Waals surface area (Å²) in [4.78, 5) is 9.97. The molecule has 0 aliphatic rings. The van der Waals surface area contributed by atoms with Gasteiger partial charge >= 0.3 is 5.69 Å². The van der Waals surface area contributed by atoms with E-state index in [1.807, 2.05) is 0 Å². The molecule has 0 saturated heterocycles. The predicted molar refractivity (Wildman–Crippen MR) is 49.2 cm³/mol. The van der Waals surface area contributed by atoms with Crippen LogP contribution >= 0.6 is 15.9 Å². The topological polar surface area (TPSA) is 55.2 Å². The molecule has 5 heteroatoms. The summed E-state index contributed by atoms with van der Waals surface area (Å²) >= 11 is 3.11. The minimum atomic E-state index is -0.476. The van der Waals surface area contributed by atoms with E-state index in [1.54, 1.807) is 19.2 Å². The number of anilines is 1. The minimum Gasteiger partial charge on any atom is -0.383 e. The summed E-state index contributed by atoms with van der Waals surface area (Å²) in [6.07, 6.45) is 0. The van der Waals surface area contributed by atoms with Gasteiger partial charge in [-0.3, -0.25) is 10.1 Å². The van der Waals surface area contributed by atoms with Crippen LogP contribution in [0.2, 0.25) is 0 Å². The second-order valence-corrected chi connectivity index (χ2v) is 2.93. The Balaban J connectivity index is 3.21. The highest BCUT2D eigenvalue weighted by atomic mass is 79.9. The maximum absolute atomic E-state index is 10.4. The number of rotatable bonds is 2. The first-order chi connectivity index (χ1) is 5.65. The van der Waals surface area contributed by atoms with E-state index >= 15 is 0 Å². The van der Waals surface area contributed by atoms with Crippen LogP contribution in [0.3, 0.4) is 0 Å². The normalized spacial score (nSPS) is 9.50. The van der Waals surface area contributed by atoms with Crippen molar-refractivity contribution >= 4 is 27.3 Å². The van der Waals surface area contributed by atoms with Crippen LogP contribution in [-0.2, 0) is 0 Å². The van der Waals surface area contributed by atoms with Crippen LogP contribution in [0.1, 0.15) is 0 Å². The molecule has 63 valence electrons. The van der Waals surface area contributed by atoms with Gasteiger partial charge in [-0.2, -0.15) is 0 Å². The molecule has 0 aliphatic carbocycles. The number of nitrogens with one attached hydrogen (secondary N) is 1. The highest BCUT2D eigenvalue weighted by molar-refractivity contribution is 9.10. The molecule has 0 spiro atoms. The Bertz CT molecular complexity index is 314. The Hall–Kier alpha value is -1.10. The molecule has 4 nitrogen and oxygen atoms in total. The second kappa shape index (κ2) is 3.53. The van der Waals surface area contributed by atoms with Gasteiger partial charge in [0, 0.05) is 11.5 Å². The van der Waals surface area contributed by atoms with E-state index in [2.05, 4.69) is 27.3 Å². The lowest BCUT2D eigenvalue weighted by molar-refractivity contribution is -0.384. The second-order valence-electron chi connectivity index (χ2n) is 2.08. The van der Waals surface area contributed by atoms with E-state index < -0.39 is 4.92 Å². The molecule has 12 heavy (non-hydrogen) atoms. The van der Waals surface area contributed by atoms with Gasteiger partial charge in [0.05, 0.1) is 11.0 Å². The SMILES string of the molecule is CNc1ccc(Br)[c]c1[N+](=O)[O-]. The average molecular weight is 230 g/mol. The maximum atomic E-state index is 10.4. The summed E-state index contributed by atoms with van der Waals surface area (Å²) in [5, 5.41) is 13.2. The number of hydrogen-bond donors (Lipinski definition) is 1. The highest BCUT2D eigenvalue weighted by Gasteiger charge is 2.12. The lowest BCUT2D eigenvalue weighted by Crippen LogP contribution is -1.96. The quantitative estimate of drug-likeness (QED) is 0.625. The van der Waals surface area contributed by atoms with Gasteiger partial charge in [0.15, 0.2) is 0 Å². The third-order valence-electron chi connectivity index (χ3n) is 1.34. The molecule has 1 N–H and O–H groups in total. The zero-order valence-electron chi connectivity index (χ0n) is 6.30. The molecule has 0 atom stereocenters. The summed E-state index contributed by atoms with van der Waals surface area (Å²) in [6, 6.07) is 5.90. The molecule has 1 aromatic carbocycles. The van der Waals surface area contributed by atoms with Crippen molar-refractivity contribution < 1.29 is 4.92 Å². The Labute approximate surface area is 77.9 Å². The lowest BCUT2D eigenvalue weighted by Gasteiger charge is -2.00. The largest absolute Gasteiger partial charge is 0.383 e. The molecule has 0 aromatic heterocycles. The minimum absolute atomic E-state index is 0.0492. The number of nitrogens with zero attached hydrogens (tertiary/aromatic N) is 1. The summed E-state index contributed by atoms with van der Waals surface area (Å²) in [5.41, 5.74) is 0.412. The number of nitro benzene ring substituents is 1. The third kappa shape index (κ3) is 1.73. The number of benzene rings is 1. The lowest BCUT2D eigenvalue weighted by atomic mass is 10.3. The average Bonchev–Trinajstić information content (AvgIpc) is 2.04. The van der Waals surface area contributed by atoms with E-state index in [9.17, 15) is 10.1 Å². The van der Waals surface area contributed by atoms with E-state index in [-0.39, 0.29) is 5.69 Å². The molecular formula is C7H6BrN2O2.